The molecule has 1 aliphatic heterocycles. The number of hydrogen-bond donors (Lipinski definition) is 0. The Morgan fingerprint density at radius 1 is 1.17 bits per heavy atom. The summed E-state index contributed by atoms with van der Waals surface area (Å²) < 4.78 is 5.38. The number of aromatic nitrogens is 2. The summed E-state index contributed by atoms with van der Waals surface area (Å²) in [5.74, 6) is 1.23. The van der Waals surface area contributed by atoms with Crippen molar-refractivity contribution in [1.82, 2.24) is 20.0 Å². The van der Waals surface area contributed by atoms with Crippen molar-refractivity contribution < 1.29 is 9.21 Å². The number of rotatable bonds is 4. The molecule has 1 fully saturated rings. The van der Waals surface area contributed by atoms with Gasteiger partial charge in [0.15, 0.2) is 0 Å². The molecule has 0 unspecified atom stereocenters. The van der Waals surface area contributed by atoms with Gasteiger partial charge in [-0.1, -0.05) is 23.2 Å². The number of piperazine rings is 1. The Bertz CT molecular complexity index is 727. The van der Waals surface area contributed by atoms with E-state index in [1.54, 1.807) is 25.1 Å². The normalized spacial score (nSPS) is 15.7. The van der Waals surface area contributed by atoms with Crippen LogP contribution in [0.1, 0.15) is 22.1 Å². The minimum atomic E-state index is -0.0132. The van der Waals surface area contributed by atoms with Crippen LogP contribution in [0.5, 0.6) is 0 Å². The third kappa shape index (κ3) is 4.06. The predicted octanol–water partition coefficient (Wildman–Crippen LogP) is 2.69. The van der Waals surface area contributed by atoms with E-state index in [1.165, 1.54) is 0 Å². The Labute approximate surface area is 150 Å². The highest BCUT2D eigenvalue weighted by molar-refractivity contribution is 6.42. The number of benzene rings is 1. The molecule has 1 aromatic carbocycles. The average molecular weight is 369 g/mol. The molecular weight excluding hydrogens is 351 g/mol. The zero-order chi connectivity index (χ0) is 17.1. The molecule has 3 rings (SSSR count). The van der Waals surface area contributed by atoms with Gasteiger partial charge in [-0.2, -0.15) is 0 Å². The van der Waals surface area contributed by atoms with Gasteiger partial charge in [0.2, 0.25) is 11.8 Å². The van der Waals surface area contributed by atoms with E-state index in [0.29, 0.717) is 40.5 Å². The molecule has 0 N–H and O–H groups in total. The molecule has 1 aromatic heterocycles. The first kappa shape index (κ1) is 17.2. The minimum absolute atomic E-state index is 0.0132. The fourth-order valence-electron chi connectivity index (χ4n) is 2.68. The number of carbonyl (C=O) groups is 1. The van der Waals surface area contributed by atoms with E-state index in [1.807, 2.05) is 4.90 Å². The molecule has 0 aliphatic carbocycles. The summed E-state index contributed by atoms with van der Waals surface area (Å²) in [6, 6.07) is 4.98. The Kier molecular flexibility index (Phi) is 5.38. The molecule has 128 valence electrons. The Morgan fingerprint density at radius 2 is 1.92 bits per heavy atom. The highest BCUT2D eigenvalue weighted by Crippen LogP contribution is 2.23. The number of carbonyl (C=O) groups excluding carboxylic acids is 1. The molecule has 0 spiro atoms. The maximum absolute atomic E-state index is 12.5. The van der Waals surface area contributed by atoms with Crippen molar-refractivity contribution in [3.8, 4) is 0 Å². The maximum Gasteiger partial charge on any atom is 0.253 e. The van der Waals surface area contributed by atoms with Crippen LogP contribution in [0.25, 0.3) is 0 Å². The summed E-state index contributed by atoms with van der Waals surface area (Å²) in [5.41, 5.74) is 0.569. The molecular formula is C16H18Cl2N4O2. The highest BCUT2D eigenvalue weighted by Gasteiger charge is 2.22. The standard InChI is InChI=1S/C16H18Cl2N4O2/c1-11-19-20-15(24-11)4-5-21-6-8-22(9-7-21)16(23)12-2-3-13(17)14(18)10-12/h2-3,10H,4-9H2,1H3. The van der Waals surface area contributed by atoms with E-state index in [4.69, 9.17) is 27.6 Å². The quantitative estimate of drug-likeness (QED) is 0.829. The van der Waals surface area contributed by atoms with Gasteiger partial charge in [-0.25, -0.2) is 0 Å². The van der Waals surface area contributed by atoms with Crippen LogP contribution >= 0.6 is 23.2 Å². The smallest absolute Gasteiger partial charge is 0.253 e. The number of halogens is 2. The molecule has 0 saturated carbocycles. The first-order valence-electron chi connectivity index (χ1n) is 7.78. The predicted molar refractivity (Wildman–Crippen MR) is 91.5 cm³/mol. The SMILES string of the molecule is Cc1nnc(CCN2CCN(C(=O)c3ccc(Cl)c(Cl)c3)CC2)o1. The largest absolute Gasteiger partial charge is 0.426 e. The summed E-state index contributed by atoms with van der Waals surface area (Å²) in [7, 11) is 0. The van der Waals surface area contributed by atoms with Gasteiger partial charge in [0.25, 0.3) is 5.91 Å². The molecule has 1 saturated heterocycles. The summed E-state index contributed by atoms with van der Waals surface area (Å²) in [4.78, 5) is 16.7. The zero-order valence-electron chi connectivity index (χ0n) is 13.3. The molecule has 0 atom stereocenters. The fraction of sp³-hybridized carbons (Fsp3) is 0.438. The number of nitrogens with zero attached hydrogens (tertiary/aromatic N) is 4. The van der Waals surface area contributed by atoms with Crippen molar-refractivity contribution in [1.29, 1.82) is 0 Å². The molecule has 0 radical (unpaired) electrons. The lowest BCUT2D eigenvalue weighted by Crippen LogP contribution is -2.49. The highest BCUT2D eigenvalue weighted by atomic mass is 35.5. The van der Waals surface area contributed by atoms with Crippen molar-refractivity contribution in [2.24, 2.45) is 0 Å². The van der Waals surface area contributed by atoms with Crippen molar-refractivity contribution in [2.75, 3.05) is 32.7 Å². The summed E-state index contributed by atoms with van der Waals surface area (Å²) in [6.07, 6.45) is 0.724. The minimum Gasteiger partial charge on any atom is -0.426 e. The van der Waals surface area contributed by atoms with Crippen LogP contribution in [0.4, 0.5) is 0 Å². The van der Waals surface area contributed by atoms with Gasteiger partial charge in [0.1, 0.15) is 0 Å². The lowest BCUT2D eigenvalue weighted by Gasteiger charge is -2.34. The van der Waals surface area contributed by atoms with Gasteiger partial charge >= 0.3 is 0 Å². The summed E-state index contributed by atoms with van der Waals surface area (Å²) >= 11 is 11.9. The number of amides is 1. The molecule has 1 aliphatic rings. The lowest BCUT2D eigenvalue weighted by atomic mass is 10.2. The van der Waals surface area contributed by atoms with Gasteiger partial charge in [-0.15, -0.1) is 10.2 Å². The van der Waals surface area contributed by atoms with Crippen LogP contribution in [0.2, 0.25) is 10.0 Å². The van der Waals surface area contributed by atoms with Crippen LogP contribution in [-0.2, 0) is 6.42 Å². The molecule has 6 nitrogen and oxygen atoms in total. The van der Waals surface area contributed by atoms with Crippen molar-refractivity contribution >= 4 is 29.1 Å². The van der Waals surface area contributed by atoms with Crippen molar-refractivity contribution in [3.05, 3.63) is 45.6 Å². The number of hydrogen-bond acceptors (Lipinski definition) is 5. The van der Waals surface area contributed by atoms with E-state index >= 15 is 0 Å². The summed E-state index contributed by atoms with van der Waals surface area (Å²) in [6.45, 7) is 5.63. The Balaban J connectivity index is 1.50. The van der Waals surface area contributed by atoms with Gasteiger partial charge < -0.3 is 9.32 Å². The zero-order valence-corrected chi connectivity index (χ0v) is 14.8. The third-order valence-corrected chi connectivity index (χ3v) is 4.77. The van der Waals surface area contributed by atoms with Crippen molar-refractivity contribution in [3.63, 3.8) is 0 Å². The molecule has 8 heteroatoms. The monoisotopic (exact) mass is 368 g/mol. The second-order valence-electron chi connectivity index (χ2n) is 5.73. The fourth-order valence-corrected chi connectivity index (χ4v) is 2.98. The van der Waals surface area contributed by atoms with E-state index in [-0.39, 0.29) is 5.91 Å². The third-order valence-electron chi connectivity index (χ3n) is 4.04. The molecule has 1 amide bonds. The van der Waals surface area contributed by atoms with Crippen LogP contribution in [-0.4, -0.2) is 58.6 Å². The second kappa shape index (κ2) is 7.51. The number of aryl methyl sites for hydroxylation is 1. The van der Waals surface area contributed by atoms with E-state index in [9.17, 15) is 4.79 Å². The first-order valence-corrected chi connectivity index (χ1v) is 8.54. The molecule has 0 bridgehead atoms. The van der Waals surface area contributed by atoms with Gasteiger partial charge in [-0.3, -0.25) is 9.69 Å². The average Bonchev–Trinajstić information content (AvgIpc) is 3.01. The molecule has 2 heterocycles. The van der Waals surface area contributed by atoms with Crippen LogP contribution in [0.15, 0.2) is 22.6 Å². The maximum atomic E-state index is 12.5. The van der Waals surface area contributed by atoms with Gasteiger partial charge in [0, 0.05) is 51.6 Å². The Morgan fingerprint density at radius 3 is 2.54 bits per heavy atom. The molecule has 2 aromatic rings. The van der Waals surface area contributed by atoms with Gasteiger partial charge in [0.05, 0.1) is 10.0 Å². The topological polar surface area (TPSA) is 62.5 Å². The van der Waals surface area contributed by atoms with Crippen LogP contribution < -0.4 is 0 Å². The first-order chi connectivity index (χ1) is 11.5. The lowest BCUT2D eigenvalue weighted by molar-refractivity contribution is 0.0636. The van der Waals surface area contributed by atoms with E-state index in [0.717, 1.165) is 26.1 Å². The van der Waals surface area contributed by atoms with Crippen LogP contribution in [0.3, 0.4) is 0 Å². The Hall–Kier alpha value is -1.63. The van der Waals surface area contributed by atoms with Crippen LogP contribution in [0, 0.1) is 6.92 Å². The van der Waals surface area contributed by atoms with E-state index in [2.05, 4.69) is 15.1 Å². The van der Waals surface area contributed by atoms with Crippen molar-refractivity contribution in [2.45, 2.75) is 13.3 Å². The summed E-state index contributed by atoms with van der Waals surface area (Å²) in [5, 5.41) is 8.67. The van der Waals surface area contributed by atoms with E-state index < -0.39 is 0 Å². The second-order valence-corrected chi connectivity index (χ2v) is 6.54. The molecule has 24 heavy (non-hydrogen) atoms. The van der Waals surface area contributed by atoms with Gasteiger partial charge in [-0.05, 0) is 18.2 Å².